The normalized spacial score (nSPS) is 28.1. The number of carbonyl (C=O) groups excluding carboxylic acids is 2. The second-order valence-corrected chi connectivity index (χ2v) is 4.41. The van der Waals surface area contributed by atoms with E-state index in [-0.39, 0.29) is 23.7 Å². The summed E-state index contributed by atoms with van der Waals surface area (Å²) in [5, 5.41) is 0. The predicted octanol–water partition coefficient (Wildman–Crippen LogP) is 1.74. The van der Waals surface area contributed by atoms with Crippen LogP contribution in [0.5, 0.6) is 0 Å². The number of piperidine rings is 1. The van der Waals surface area contributed by atoms with E-state index in [1.54, 1.807) is 0 Å². The van der Waals surface area contributed by atoms with Crippen LogP contribution in [0.25, 0.3) is 0 Å². The molecule has 0 aromatic heterocycles. The molecule has 15 heavy (non-hydrogen) atoms. The van der Waals surface area contributed by atoms with E-state index < -0.39 is 0 Å². The highest BCUT2D eigenvalue weighted by Gasteiger charge is 2.58. The van der Waals surface area contributed by atoms with Gasteiger partial charge in [-0.05, 0) is 25.7 Å². The van der Waals surface area contributed by atoms with Gasteiger partial charge in [-0.2, -0.15) is 0 Å². The van der Waals surface area contributed by atoms with Crippen LogP contribution in [0, 0.1) is 11.8 Å². The molecule has 3 nitrogen and oxygen atoms in total. The highest BCUT2D eigenvalue weighted by atomic mass is 16.2. The Balaban J connectivity index is 1.69. The topological polar surface area (TPSA) is 37.4 Å². The van der Waals surface area contributed by atoms with Gasteiger partial charge in [0, 0.05) is 6.54 Å². The Kier molecular flexibility index (Phi) is 2.89. The summed E-state index contributed by atoms with van der Waals surface area (Å²) in [6, 6.07) is 0. The fraction of sp³-hybridized carbons (Fsp3) is 0.667. The summed E-state index contributed by atoms with van der Waals surface area (Å²) in [7, 11) is 0. The third-order valence-electron chi connectivity index (χ3n) is 3.25. The first-order valence-electron chi connectivity index (χ1n) is 5.72. The predicted molar refractivity (Wildman–Crippen MR) is 57.0 cm³/mol. The van der Waals surface area contributed by atoms with Crippen LogP contribution >= 0.6 is 0 Å². The number of imide groups is 1. The van der Waals surface area contributed by atoms with Crippen LogP contribution in [0.3, 0.4) is 0 Å². The molecule has 0 spiro atoms. The lowest BCUT2D eigenvalue weighted by molar-refractivity contribution is -0.141. The highest BCUT2D eigenvalue weighted by molar-refractivity contribution is 6.08. The molecule has 2 aliphatic rings. The van der Waals surface area contributed by atoms with Crippen molar-refractivity contribution in [3.63, 3.8) is 0 Å². The first-order valence-corrected chi connectivity index (χ1v) is 5.72. The van der Waals surface area contributed by atoms with E-state index in [2.05, 4.69) is 6.58 Å². The van der Waals surface area contributed by atoms with E-state index >= 15 is 0 Å². The smallest absolute Gasteiger partial charge is 0.233 e. The zero-order valence-electron chi connectivity index (χ0n) is 8.95. The standard InChI is InChI=1S/C12H17NO2/c1-2-3-4-5-6-7-13-11(14)9-8-10(9)12(13)15/h2,9-10H,1,3-8H2. The minimum atomic E-state index is 0.0608. The third-order valence-corrected chi connectivity index (χ3v) is 3.25. The molecule has 2 fully saturated rings. The van der Waals surface area contributed by atoms with E-state index in [4.69, 9.17) is 0 Å². The van der Waals surface area contributed by atoms with Gasteiger partial charge in [0.15, 0.2) is 0 Å². The number of hydrogen-bond donors (Lipinski definition) is 0. The Labute approximate surface area is 90.1 Å². The lowest BCUT2D eigenvalue weighted by Crippen LogP contribution is -2.33. The van der Waals surface area contributed by atoms with Crippen LogP contribution in [0.4, 0.5) is 0 Å². The summed E-state index contributed by atoms with van der Waals surface area (Å²) in [5.74, 6) is 0.277. The van der Waals surface area contributed by atoms with Gasteiger partial charge in [-0.25, -0.2) is 0 Å². The van der Waals surface area contributed by atoms with Crippen LogP contribution in [0.15, 0.2) is 12.7 Å². The Hall–Kier alpha value is -1.12. The minimum absolute atomic E-state index is 0.0608. The molecule has 1 heterocycles. The van der Waals surface area contributed by atoms with Crippen molar-refractivity contribution >= 4 is 11.8 Å². The van der Waals surface area contributed by atoms with Gasteiger partial charge in [-0.1, -0.05) is 12.5 Å². The number of allylic oxidation sites excluding steroid dienone is 1. The zero-order chi connectivity index (χ0) is 10.8. The van der Waals surface area contributed by atoms with Crippen LogP contribution in [-0.2, 0) is 9.59 Å². The van der Waals surface area contributed by atoms with Gasteiger partial charge in [0.1, 0.15) is 0 Å². The summed E-state index contributed by atoms with van der Waals surface area (Å²) < 4.78 is 0. The molecule has 1 saturated heterocycles. The van der Waals surface area contributed by atoms with Crippen molar-refractivity contribution in [2.75, 3.05) is 6.54 Å². The maximum atomic E-state index is 11.6. The molecule has 2 atom stereocenters. The number of nitrogens with zero attached hydrogens (tertiary/aromatic N) is 1. The average molecular weight is 207 g/mol. The molecule has 1 saturated carbocycles. The van der Waals surface area contributed by atoms with Crippen molar-refractivity contribution in [3.8, 4) is 0 Å². The van der Waals surface area contributed by atoms with Crippen LogP contribution in [0.1, 0.15) is 32.1 Å². The van der Waals surface area contributed by atoms with Crippen molar-refractivity contribution in [2.45, 2.75) is 32.1 Å². The molecule has 82 valence electrons. The van der Waals surface area contributed by atoms with Gasteiger partial charge < -0.3 is 0 Å². The van der Waals surface area contributed by atoms with E-state index in [1.165, 1.54) is 4.90 Å². The van der Waals surface area contributed by atoms with E-state index in [0.29, 0.717) is 6.54 Å². The van der Waals surface area contributed by atoms with E-state index in [9.17, 15) is 9.59 Å². The largest absolute Gasteiger partial charge is 0.282 e. The van der Waals surface area contributed by atoms with Crippen molar-refractivity contribution in [1.29, 1.82) is 0 Å². The Bertz CT molecular complexity index is 278. The number of likely N-dealkylation sites (tertiary alicyclic amines) is 1. The first kappa shape index (κ1) is 10.4. The molecule has 2 amide bonds. The highest BCUT2D eigenvalue weighted by Crippen LogP contribution is 2.46. The zero-order valence-corrected chi connectivity index (χ0v) is 8.95. The molecule has 2 rings (SSSR count). The molecule has 0 radical (unpaired) electrons. The molecule has 3 heteroatoms. The summed E-state index contributed by atoms with van der Waals surface area (Å²) >= 11 is 0. The van der Waals surface area contributed by atoms with Crippen LogP contribution < -0.4 is 0 Å². The summed E-state index contributed by atoms with van der Waals surface area (Å²) in [4.78, 5) is 24.6. The van der Waals surface area contributed by atoms with Crippen molar-refractivity contribution in [3.05, 3.63) is 12.7 Å². The molecule has 0 aromatic rings. The van der Waals surface area contributed by atoms with Gasteiger partial charge in [0.25, 0.3) is 0 Å². The molecule has 0 bridgehead atoms. The third kappa shape index (κ3) is 1.96. The lowest BCUT2D eigenvalue weighted by atomic mass is 10.2. The Morgan fingerprint density at radius 1 is 1.20 bits per heavy atom. The summed E-state index contributed by atoms with van der Waals surface area (Å²) in [6.07, 6.45) is 6.84. The monoisotopic (exact) mass is 207 g/mol. The molecule has 1 aliphatic heterocycles. The van der Waals surface area contributed by atoms with Gasteiger partial charge in [-0.15, -0.1) is 6.58 Å². The van der Waals surface area contributed by atoms with Gasteiger partial charge in [0.05, 0.1) is 11.8 Å². The van der Waals surface area contributed by atoms with Gasteiger partial charge in [-0.3, -0.25) is 14.5 Å². The number of carbonyl (C=O) groups is 2. The number of amides is 2. The average Bonchev–Trinajstić information content (AvgIpc) is 2.97. The number of fused-ring (bicyclic) bond motifs is 1. The number of rotatable bonds is 6. The van der Waals surface area contributed by atoms with Crippen LogP contribution in [0.2, 0.25) is 0 Å². The Morgan fingerprint density at radius 2 is 1.87 bits per heavy atom. The molecular formula is C12H17NO2. The van der Waals surface area contributed by atoms with Gasteiger partial charge in [0.2, 0.25) is 11.8 Å². The molecule has 0 aromatic carbocycles. The number of unbranched alkanes of at least 4 members (excludes halogenated alkanes) is 3. The fourth-order valence-corrected chi connectivity index (χ4v) is 2.21. The van der Waals surface area contributed by atoms with E-state index in [1.807, 2.05) is 6.08 Å². The lowest BCUT2D eigenvalue weighted by Gasteiger charge is -2.15. The maximum Gasteiger partial charge on any atom is 0.233 e. The second kappa shape index (κ2) is 4.17. The van der Waals surface area contributed by atoms with Gasteiger partial charge >= 0.3 is 0 Å². The molecule has 1 aliphatic carbocycles. The second-order valence-electron chi connectivity index (χ2n) is 4.41. The fourth-order valence-electron chi connectivity index (χ4n) is 2.21. The van der Waals surface area contributed by atoms with E-state index in [0.717, 1.165) is 32.1 Å². The Morgan fingerprint density at radius 3 is 2.47 bits per heavy atom. The van der Waals surface area contributed by atoms with Crippen molar-refractivity contribution < 1.29 is 9.59 Å². The summed E-state index contributed by atoms with van der Waals surface area (Å²) in [5.41, 5.74) is 0. The maximum absolute atomic E-state index is 11.6. The summed E-state index contributed by atoms with van der Waals surface area (Å²) in [6.45, 7) is 4.28. The molecule has 2 unspecified atom stereocenters. The van der Waals surface area contributed by atoms with Crippen molar-refractivity contribution in [2.24, 2.45) is 11.8 Å². The minimum Gasteiger partial charge on any atom is -0.282 e. The molecule has 0 N–H and O–H groups in total. The number of hydrogen-bond acceptors (Lipinski definition) is 2. The quantitative estimate of drug-likeness (QED) is 0.378. The molecular weight excluding hydrogens is 190 g/mol. The first-order chi connectivity index (χ1) is 7.25. The van der Waals surface area contributed by atoms with Crippen LogP contribution in [-0.4, -0.2) is 23.3 Å². The SMILES string of the molecule is C=CCCCCCN1C(=O)C2CC2C1=O. The van der Waals surface area contributed by atoms with Crippen molar-refractivity contribution in [1.82, 2.24) is 4.90 Å².